The zero-order chi connectivity index (χ0) is 10.2. The number of likely N-dealkylation sites (tertiary alicyclic amines) is 1. The molecule has 0 bridgehead atoms. The van der Waals surface area contributed by atoms with E-state index in [1.807, 2.05) is 4.90 Å². The minimum atomic E-state index is -0.177. The van der Waals surface area contributed by atoms with Crippen LogP contribution in [0.2, 0.25) is 0 Å². The van der Waals surface area contributed by atoms with Crippen molar-refractivity contribution in [3.8, 4) is 0 Å². The van der Waals surface area contributed by atoms with Crippen LogP contribution in [0, 0.1) is 11.3 Å². The van der Waals surface area contributed by atoms with Crippen LogP contribution in [0.25, 0.3) is 0 Å². The van der Waals surface area contributed by atoms with Crippen LogP contribution >= 0.6 is 11.8 Å². The number of hydrogen-bond acceptors (Lipinski definition) is 2. The molecule has 1 saturated heterocycles. The highest BCUT2D eigenvalue weighted by atomic mass is 32.2. The highest BCUT2D eigenvalue weighted by Crippen LogP contribution is 2.44. The lowest BCUT2D eigenvalue weighted by Gasteiger charge is -2.23. The SMILES string of the molecule is CCN1C(=O)C(C)(C)C(C)C1SC. The standard InChI is InChI=1S/C10H19NOS/c1-6-11-8(13-5)7(2)10(3,4)9(11)12/h7-8H,6H2,1-5H3. The molecule has 1 aliphatic rings. The van der Waals surface area contributed by atoms with E-state index < -0.39 is 0 Å². The molecular weight excluding hydrogens is 182 g/mol. The highest BCUT2D eigenvalue weighted by Gasteiger charge is 2.50. The number of carbonyl (C=O) groups excluding carboxylic acids is 1. The first-order valence-electron chi connectivity index (χ1n) is 4.80. The van der Waals surface area contributed by atoms with Gasteiger partial charge in [0, 0.05) is 12.0 Å². The number of nitrogens with zero attached hydrogens (tertiary/aromatic N) is 1. The van der Waals surface area contributed by atoms with Gasteiger partial charge in [0.05, 0.1) is 5.37 Å². The van der Waals surface area contributed by atoms with E-state index in [-0.39, 0.29) is 5.41 Å². The van der Waals surface area contributed by atoms with Crippen LogP contribution in [0.15, 0.2) is 0 Å². The molecule has 0 aromatic rings. The second-order valence-electron chi connectivity index (χ2n) is 4.23. The number of thioether (sulfide) groups is 1. The summed E-state index contributed by atoms with van der Waals surface area (Å²) in [5.74, 6) is 0.747. The maximum absolute atomic E-state index is 12.0. The molecule has 1 amide bonds. The molecule has 0 N–H and O–H groups in total. The van der Waals surface area contributed by atoms with E-state index in [2.05, 4.69) is 34.0 Å². The third kappa shape index (κ3) is 1.47. The van der Waals surface area contributed by atoms with Crippen molar-refractivity contribution >= 4 is 17.7 Å². The van der Waals surface area contributed by atoms with E-state index in [4.69, 9.17) is 0 Å². The summed E-state index contributed by atoms with van der Waals surface area (Å²) < 4.78 is 0. The topological polar surface area (TPSA) is 20.3 Å². The van der Waals surface area contributed by atoms with Gasteiger partial charge in [-0.15, -0.1) is 11.8 Å². The van der Waals surface area contributed by atoms with E-state index in [1.54, 1.807) is 11.8 Å². The molecule has 1 aliphatic heterocycles. The van der Waals surface area contributed by atoms with Gasteiger partial charge >= 0.3 is 0 Å². The molecule has 3 heteroatoms. The molecule has 0 aromatic heterocycles. The molecule has 2 unspecified atom stereocenters. The lowest BCUT2D eigenvalue weighted by Crippen LogP contribution is -2.33. The molecule has 13 heavy (non-hydrogen) atoms. The maximum atomic E-state index is 12.0. The monoisotopic (exact) mass is 201 g/mol. The van der Waals surface area contributed by atoms with E-state index in [0.717, 1.165) is 6.54 Å². The summed E-state index contributed by atoms with van der Waals surface area (Å²) in [7, 11) is 0. The van der Waals surface area contributed by atoms with Crippen molar-refractivity contribution < 1.29 is 4.79 Å². The zero-order valence-electron chi connectivity index (χ0n) is 9.13. The largest absolute Gasteiger partial charge is 0.330 e. The second-order valence-corrected chi connectivity index (χ2v) is 5.18. The molecule has 1 rings (SSSR count). The van der Waals surface area contributed by atoms with E-state index >= 15 is 0 Å². The van der Waals surface area contributed by atoms with Crippen molar-refractivity contribution in [1.29, 1.82) is 0 Å². The first-order chi connectivity index (χ1) is 5.96. The molecule has 2 atom stereocenters. The minimum absolute atomic E-state index is 0.177. The van der Waals surface area contributed by atoms with Crippen LogP contribution < -0.4 is 0 Å². The Morgan fingerprint density at radius 3 is 2.38 bits per heavy atom. The molecule has 1 fully saturated rings. The van der Waals surface area contributed by atoms with E-state index in [9.17, 15) is 4.79 Å². The van der Waals surface area contributed by atoms with Crippen molar-refractivity contribution in [2.45, 2.75) is 33.1 Å². The first kappa shape index (κ1) is 10.9. The normalized spacial score (nSPS) is 32.7. The van der Waals surface area contributed by atoms with Gasteiger partial charge in [0.25, 0.3) is 0 Å². The van der Waals surface area contributed by atoms with Crippen LogP contribution in [0.5, 0.6) is 0 Å². The summed E-state index contributed by atoms with van der Waals surface area (Å²) >= 11 is 1.78. The van der Waals surface area contributed by atoms with Crippen LogP contribution in [0.3, 0.4) is 0 Å². The van der Waals surface area contributed by atoms with Gasteiger partial charge in [-0.25, -0.2) is 0 Å². The summed E-state index contributed by atoms with van der Waals surface area (Å²) in [6.45, 7) is 9.17. The number of hydrogen-bond donors (Lipinski definition) is 0. The highest BCUT2D eigenvalue weighted by molar-refractivity contribution is 7.99. The summed E-state index contributed by atoms with van der Waals surface area (Å²) in [5, 5.41) is 0.368. The molecule has 0 aromatic carbocycles. The van der Waals surface area contributed by atoms with Gasteiger partial charge in [-0.1, -0.05) is 20.8 Å². The quantitative estimate of drug-likeness (QED) is 0.682. The summed E-state index contributed by atoms with van der Waals surface area (Å²) in [6, 6.07) is 0. The zero-order valence-corrected chi connectivity index (χ0v) is 9.94. The lowest BCUT2D eigenvalue weighted by molar-refractivity contribution is -0.135. The van der Waals surface area contributed by atoms with Crippen molar-refractivity contribution in [3.05, 3.63) is 0 Å². The van der Waals surface area contributed by atoms with E-state index in [1.165, 1.54) is 0 Å². The fraction of sp³-hybridized carbons (Fsp3) is 0.900. The van der Waals surface area contributed by atoms with Crippen LogP contribution in [-0.2, 0) is 4.79 Å². The van der Waals surface area contributed by atoms with Gasteiger partial charge in [-0.3, -0.25) is 4.79 Å². The Hall–Kier alpha value is -0.180. The summed E-state index contributed by atoms with van der Waals surface area (Å²) in [5.41, 5.74) is -0.177. The Labute approximate surface area is 85.1 Å². The number of rotatable bonds is 2. The van der Waals surface area contributed by atoms with Gasteiger partial charge in [-0.05, 0) is 19.1 Å². The van der Waals surface area contributed by atoms with Gasteiger partial charge < -0.3 is 4.90 Å². The van der Waals surface area contributed by atoms with Gasteiger partial charge in [0.1, 0.15) is 0 Å². The lowest BCUT2D eigenvalue weighted by atomic mass is 9.83. The molecular formula is C10H19NOS. The predicted octanol–water partition coefficient (Wildman–Crippen LogP) is 2.20. The molecule has 0 aliphatic carbocycles. The minimum Gasteiger partial charge on any atom is -0.330 e. The average Bonchev–Trinajstić information content (AvgIpc) is 2.26. The van der Waals surface area contributed by atoms with Crippen molar-refractivity contribution in [2.75, 3.05) is 12.8 Å². The smallest absolute Gasteiger partial charge is 0.229 e. The second kappa shape index (κ2) is 3.52. The Kier molecular flexibility index (Phi) is 2.95. The Morgan fingerprint density at radius 1 is 1.54 bits per heavy atom. The summed E-state index contributed by atoms with van der Waals surface area (Å²) in [6.07, 6.45) is 2.08. The van der Waals surface area contributed by atoms with E-state index in [0.29, 0.717) is 17.2 Å². The average molecular weight is 201 g/mol. The van der Waals surface area contributed by atoms with Gasteiger partial charge in [-0.2, -0.15) is 0 Å². The number of carbonyl (C=O) groups is 1. The summed E-state index contributed by atoms with van der Waals surface area (Å²) in [4.78, 5) is 13.9. The molecule has 0 spiro atoms. The first-order valence-corrected chi connectivity index (χ1v) is 6.09. The maximum Gasteiger partial charge on any atom is 0.229 e. The fourth-order valence-electron chi connectivity index (χ4n) is 1.96. The Balaban J connectivity index is 2.96. The van der Waals surface area contributed by atoms with Gasteiger partial charge in [0.2, 0.25) is 5.91 Å². The van der Waals surface area contributed by atoms with Crippen LogP contribution in [0.1, 0.15) is 27.7 Å². The fourth-order valence-corrected chi connectivity index (χ4v) is 3.21. The Morgan fingerprint density at radius 2 is 2.08 bits per heavy atom. The third-order valence-electron chi connectivity index (χ3n) is 3.27. The molecule has 0 radical (unpaired) electrons. The number of amides is 1. The molecule has 1 heterocycles. The van der Waals surface area contributed by atoms with Gasteiger partial charge in [0.15, 0.2) is 0 Å². The molecule has 2 nitrogen and oxygen atoms in total. The van der Waals surface area contributed by atoms with Crippen molar-refractivity contribution in [2.24, 2.45) is 11.3 Å². The van der Waals surface area contributed by atoms with Crippen LogP contribution in [0.4, 0.5) is 0 Å². The Bertz CT molecular complexity index is 215. The third-order valence-corrected chi connectivity index (χ3v) is 4.41. The predicted molar refractivity (Wildman–Crippen MR) is 57.6 cm³/mol. The molecule has 0 saturated carbocycles. The molecule has 76 valence electrons. The van der Waals surface area contributed by atoms with Crippen LogP contribution in [-0.4, -0.2) is 29.0 Å². The van der Waals surface area contributed by atoms with Crippen molar-refractivity contribution in [1.82, 2.24) is 4.90 Å². The van der Waals surface area contributed by atoms with Crippen molar-refractivity contribution in [3.63, 3.8) is 0 Å².